The van der Waals surface area contributed by atoms with Crippen molar-refractivity contribution in [2.45, 2.75) is 65.1 Å². The van der Waals surface area contributed by atoms with Crippen LogP contribution in [0.5, 0.6) is 0 Å². The molecule has 0 aromatic heterocycles. The van der Waals surface area contributed by atoms with E-state index in [0.717, 1.165) is 12.5 Å². The molecule has 14 heavy (non-hydrogen) atoms. The molecule has 0 radical (unpaired) electrons. The molecule has 2 heteroatoms. The van der Waals surface area contributed by atoms with Gasteiger partial charge in [0.2, 0.25) is 0 Å². The highest BCUT2D eigenvalue weighted by Gasteiger charge is 2.21. The van der Waals surface area contributed by atoms with Crippen molar-refractivity contribution in [3.63, 3.8) is 0 Å². The summed E-state index contributed by atoms with van der Waals surface area (Å²) in [5.74, 6) is 0.771. The average Bonchev–Trinajstić information content (AvgIpc) is 2.16. The maximum absolute atomic E-state index is 5.54. The van der Waals surface area contributed by atoms with Gasteiger partial charge < -0.3 is 10.1 Å². The first-order valence-electron chi connectivity index (χ1n) is 6.01. The van der Waals surface area contributed by atoms with Crippen LogP contribution in [0, 0.1) is 5.92 Å². The highest BCUT2D eigenvalue weighted by atomic mass is 16.5. The molecule has 1 N–H and O–H groups in total. The molecule has 0 aromatic carbocycles. The van der Waals surface area contributed by atoms with E-state index in [1.54, 1.807) is 0 Å². The third-order valence-electron chi connectivity index (χ3n) is 3.48. The maximum atomic E-state index is 5.54. The topological polar surface area (TPSA) is 21.3 Å². The minimum atomic E-state index is 0.436. The van der Waals surface area contributed by atoms with Gasteiger partial charge in [0.15, 0.2) is 0 Å². The van der Waals surface area contributed by atoms with Crippen molar-refractivity contribution < 1.29 is 4.74 Å². The first-order chi connectivity index (χ1) is 6.63. The van der Waals surface area contributed by atoms with Gasteiger partial charge in [0, 0.05) is 18.7 Å². The van der Waals surface area contributed by atoms with Crippen LogP contribution < -0.4 is 5.32 Å². The summed E-state index contributed by atoms with van der Waals surface area (Å²) in [5.41, 5.74) is 0. The van der Waals surface area contributed by atoms with Gasteiger partial charge in [0.25, 0.3) is 0 Å². The molecule has 1 rings (SSSR count). The monoisotopic (exact) mass is 199 g/mol. The third kappa shape index (κ3) is 3.58. The SMILES string of the molecule is CCC(C)C(C)NC1CCOC(C)C1. The van der Waals surface area contributed by atoms with Crippen LogP contribution in [0.1, 0.15) is 47.0 Å². The molecule has 0 saturated carbocycles. The molecule has 0 aliphatic carbocycles. The highest BCUT2D eigenvalue weighted by molar-refractivity contribution is 4.79. The Labute approximate surface area is 88.4 Å². The van der Waals surface area contributed by atoms with Crippen LogP contribution in [0.3, 0.4) is 0 Å². The Kier molecular flexibility index (Phi) is 4.90. The summed E-state index contributed by atoms with van der Waals surface area (Å²) in [7, 11) is 0. The second-order valence-corrected chi connectivity index (χ2v) is 4.74. The molecule has 1 fully saturated rings. The van der Waals surface area contributed by atoms with Gasteiger partial charge in [-0.05, 0) is 32.6 Å². The first kappa shape index (κ1) is 12.0. The van der Waals surface area contributed by atoms with Gasteiger partial charge in [-0.15, -0.1) is 0 Å². The number of rotatable bonds is 4. The maximum Gasteiger partial charge on any atom is 0.0561 e. The molecule has 1 saturated heterocycles. The van der Waals surface area contributed by atoms with Crippen molar-refractivity contribution in [2.75, 3.05) is 6.61 Å². The Balaban J connectivity index is 2.28. The van der Waals surface area contributed by atoms with Gasteiger partial charge in [-0.2, -0.15) is 0 Å². The molecular formula is C12H25NO. The molecule has 0 aromatic rings. The molecule has 1 aliphatic rings. The summed E-state index contributed by atoms with van der Waals surface area (Å²) in [4.78, 5) is 0. The van der Waals surface area contributed by atoms with Crippen molar-refractivity contribution in [1.82, 2.24) is 5.32 Å². The van der Waals surface area contributed by atoms with E-state index in [1.165, 1.54) is 19.3 Å². The molecule has 0 bridgehead atoms. The van der Waals surface area contributed by atoms with E-state index in [9.17, 15) is 0 Å². The van der Waals surface area contributed by atoms with Crippen LogP contribution in [-0.2, 0) is 4.74 Å². The molecule has 1 aliphatic heterocycles. The zero-order chi connectivity index (χ0) is 10.6. The summed E-state index contributed by atoms with van der Waals surface area (Å²) in [5, 5.41) is 3.72. The lowest BCUT2D eigenvalue weighted by molar-refractivity contribution is 0.0104. The van der Waals surface area contributed by atoms with Gasteiger partial charge in [-0.25, -0.2) is 0 Å². The van der Waals surface area contributed by atoms with Gasteiger partial charge >= 0.3 is 0 Å². The van der Waals surface area contributed by atoms with E-state index in [1.807, 2.05) is 0 Å². The molecule has 4 atom stereocenters. The quantitative estimate of drug-likeness (QED) is 0.751. The van der Waals surface area contributed by atoms with Crippen molar-refractivity contribution in [3.8, 4) is 0 Å². The number of nitrogens with one attached hydrogen (secondary N) is 1. The number of hydrogen-bond donors (Lipinski definition) is 1. The summed E-state index contributed by atoms with van der Waals surface area (Å²) in [6, 6.07) is 1.30. The zero-order valence-electron chi connectivity index (χ0n) is 10.0. The minimum Gasteiger partial charge on any atom is -0.378 e. The molecule has 2 nitrogen and oxygen atoms in total. The molecular weight excluding hydrogens is 174 g/mol. The zero-order valence-corrected chi connectivity index (χ0v) is 10.0. The van der Waals surface area contributed by atoms with Crippen LogP contribution in [0.15, 0.2) is 0 Å². The fraction of sp³-hybridized carbons (Fsp3) is 1.00. The Morgan fingerprint density at radius 1 is 1.43 bits per heavy atom. The van der Waals surface area contributed by atoms with Crippen molar-refractivity contribution in [2.24, 2.45) is 5.92 Å². The fourth-order valence-electron chi connectivity index (χ4n) is 2.04. The minimum absolute atomic E-state index is 0.436. The smallest absolute Gasteiger partial charge is 0.0561 e. The van der Waals surface area contributed by atoms with Gasteiger partial charge in [-0.1, -0.05) is 20.3 Å². The molecule has 4 unspecified atom stereocenters. The Morgan fingerprint density at radius 3 is 2.71 bits per heavy atom. The van der Waals surface area contributed by atoms with Crippen LogP contribution >= 0.6 is 0 Å². The van der Waals surface area contributed by atoms with E-state index in [2.05, 4.69) is 33.0 Å². The van der Waals surface area contributed by atoms with Crippen molar-refractivity contribution >= 4 is 0 Å². The lowest BCUT2D eigenvalue weighted by Gasteiger charge is -2.32. The van der Waals surface area contributed by atoms with E-state index in [4.69, 9.17) is 4.74 Å². The van der Waals surface area contributed by atoms with E-state index in [-0.39, 0.29) is 0 Å². The normalized spacial score (nSPS) is 32.6. The predicted octanol–water partition coefficient (Wildman–Crippen LogP) is 2.58. The van der Waals surface area contributed by atoms with Crippen LogP contribution in [0.4, 0.5) is 0 Å². The van der Waals surface area contributed by atoms with E-state index >= 15 is 0 Å². The molecule has 1 heterocycles. The van der Waals surface area contributed by atoms with E-state index in [0.29, 0.717) is 18.2 Å². The van der Waals surface area contributed by atoms with Crippen molar-refractivity contribution in [3.05, 3.63) is 0 Å². The number of hydrogen-bond acceptors (Lipinski definition) is 2. The second kappa shape index (κ2) is 5.72. The van der Waals surface area contributed by atoms with Gasteiger partial charge in [0.1, 0.15) is 0 Å². The van der Waals surface area contributed by atoms with Crippen LogP contribution in [0.2, 0.25) is 0 Å². The van der Waals surface area contributed by atoms with Gasteiger partial charge in [-0.3, -0.25) is 0 Å². The molecule has 84 valence electrons. The molecule has 0 amide bonds. The van der Waals surface area contributed by atoms with Crippen molar-refractivity contribution in [1.29, 1.82) is 0 Å². The second-order valence-electron chi connectivity index (χ2n) is 4.74. The standard InChI is InChI=1S/C12H25NO/c1-5-9(2)11(4)13-12-6-7-14-10(3)8-12/h9-13H,5-8H2,1-4H3. The van der Waals surface area contributed by atoms with Crippen LogP contribution in [-0.4, -0.2) is 24.8 Å². The Hall–Kier alpha value is -0.0800. The van der Waals surface area contributed by atoms with Gasteiger partial charge in [0.05, 0.1) is 6.10 Å². The fourth-order valence-corrected chi connectivity index (χ4v) is 2.04. The predicted molar refractivity (Wildman–Crippen MR) is 60.5 cm³/mol. The summed E-state index contributed by atoms with van der Waals surface area (Å²) in [6.07, 6.45) is 4.03. The Bertz CT molecular complexity index is 160. The summed E-state index contributed by atoms with van der Waals surface area (Å²) >= 11 is 0. The average molecular weight is 199 g/mol. The lowest BCUT2D eigenvalue weighted by atomic mass is 9.97. The Morgan fingerprint density at radius 2 is 2.14 bits per heavy atom. The first-order valence-corrected chi connectivity index (χ1v) is 6.01. The van der Waals surface area contributed by atoms with E-state index < -0.39 is 0 Å². The highest BCUT2D eigenvalue weighted by Crippen LogP contribution is 2.16. The largest absolute Gasteiger partial charge is 0.378 e. The lowest BCUT2D eigenvalue weighted by Crippen LogP contribution is -2.44. The summed E-state index contributed by atoms with van der Waals surface area (Å²) < 4.78 is 5.54. The molecule has 0 spiro atoms. The number of ether oxygens (including phenoxy) is 1. The summed E-state index contributed by atoms with van der Waals surface area (Å²) in [6.45, 7) is 9.97. The van der Waals surface area contributed by atoms with Crippen LogP contribution in [0.25, 0.3) is 0 Å². The third-order valence-corrected chi connectivity index (χ3v) is 3.48.